The predicted molar refractivity (Wildman–Crippen MR) is 126 cm³/mol. The van der Waals surface area contributed by atoms with Crippen molar-refractivity contribution in [1.29, 1.82) is 0 Å². The van der Waals surface area contributed by atoms with Crippen molar-refractivity contribution in [3.8, 4) is 0 Å². The zero-order valence-corrected chi connectivity index (χ0v) is 18.9. The summed E-state index contributed by atoms with van der Waals surface area (Å²) in [6.07, 6.45) is 0.931. The summed E-state index contributed by atoms with van der Waals surface area (Å²) in [4.78, 5) is 18.9. The lowest BCUT2D eigenvalue weighted by molar-refractivity contribution is -0.193. The van der Waals surface area contributed by atoms with Crippen LogP contribution in [0.1, 0.15) is 11.1 Å². The van der Waals surface area contributed by atoms with Crippen LogP contribution >= 0.6 is 11.8 Å². The van der Waals surface area contributed by atoms with E-state index in [1.54, 1.807) is 0 Å². The van der Waals surface area contributed by atoms with E-state index in [9.17, 15) is 4.79 Å². The molecule has 0 saturated carbocycles. The lowest BCUT2D eigenvalue weighted by Crippen LogP contribution is -2.57. The highest BCUT2D eigenvalue weighted by molar-refractivity contribution is 8.14. The number of hydrogen-bond donors (Lipinski definition) is 0. The first kappa shape index (κ1) is 22.7. The van der Waals surface area contributed by atoms with E-state index in [-0.39, 0.29) is 11.5 Å². The van der Waals surface area contributed by atoms with Crippen molar-refractivity contribution in [2.24, 2.45) is 4.99 Å². The molecule has 4 rings (SSSR count). The average molecular weight is 453 g/mol. The first-order chi connectivity index (χ1) is 15.7. The van der Waals surface area contributed by atoms with Crippen molar-refractivity contribution in [3.05, 3.63) is 84.4 Å². The summed E-state index contributed by atoms with van der Waals surface area (Å²) in [5.74, 6) is 0. The number of fused-ring (bicyclic) bond motifs is 1. The number of aliphatic imine (C=N–C) groups is 1. The van der Waals surface area contributed by atoms with Crippen LogP contribution in [0.5, 0.6) is 0 Å². The fourth-order valence-electron chi connectivity index (χ4n) is 3.83. The van der Waals surface area contributed by atoms with E-state index in [2.05, 4.69) is 6.58 Å². The zero-order valence-electron chi connectivity index (χ0n) is 18.1. The van der Waals surface area contributed by atoms with E-state index in [0.717, 1.165) is 22.6 Å². The SMILES string of the molecule is C=CCN(C)C1=NC2C(OC(C=O)C(OCc3ccccc3)C2OCc2ccccc2)S1. The Kier molecular flexibility index (Phi) is 7.76. The monoisotopic (exact) mass is 452 g/mol. The third kappa shape index (κ3) is 5.30. The number of carbonyl (C=O) groups excluding carboxylic acids is 1. The molecule has 5 atom stereocenters. The van der Waals surface area contributed by atoms with Gasteiger partial charge in [-0.15, -0.1) is 6.58 Å². The Morgan fingerprint density at radius 3 is 2.19 bits per heavy atom. The van der Waals surface area contributed by atoms with Gasteiger partial charge in [-0.05, 0) is 11.1 Å². The highest BCUT2D eigenvalue weighted by Gasteiger charge is 2.51. The van der Waals surface area contributed by atoms with Crippen LogP contribution in [0.4, 0.5) is 0 Å². The van der Waals surface area contributed by atoms with Gasteiger partial charge in [0.1, 0.15) is 29.8 Å². The normalized spacial score (nSPS) is 26.8. The van der Waals surface area contributed by atoms with E-state index < -0.39 is 18.3 Å². The topological polar surface area (TPSA) is 60.4 Å². The smallest absolute Gasteiger partial charge is 0.162 e. The maximum Gasteiger partial charge on any atom is 0.162 e. The van der Waals surface area contributed by atoms with Crippen molar-refractivity contribution >= 4 is 23.2 Å². The Bertz CT molecular complexity index is 924. The minimum absolute atomic E-state index is 0.275. The molecule has 0 N–H and O–H groups in total. The van der Waals surface area contributed by atoms with Gasteiger partial charge in [-0.25, -0.2) is 0 Å². The van der Waals surface area contributed by atoms with Crippen LogP contribution in [0.3, 0.4) is 0 Å². The van der Waals surface area contributed by atoms with Crippen molar-refractivity contribution in [2.75, 3.05) is 13.6 Å². The molecule has 2 aromatic rings. The van der Waals surface area contributed by atoms with Crippen LogP contribution in [0, 0.1) is 0 Å². The quantitative estimate of drug-likeness (QED) is 0.427. The number of carbonyl (C=O) groups is 1. The molecule has 2 heterocycles. The van der Waals surface area contributed by atoms with E-state index in [0.29, 0.717) is 19.8 Å². The van der Waals surface area contributed by atoms with Gasteiger partial charge in [-0.1, -0.05) is 78.5 Å². The number of hydrogen-bond acceptors (Lipinski definition) is 7. The number of rotatable bonds is 9. The molecule has 1 fully saturated rings. The maximum absolute atomic E-state index is 12.0. The number of nitrogens with zero attached hydrogens (tertiary/aromatic N) is 2. The van der Waals surface area contributed by atoms with Crippen molar-refractivity contribution in [3.63, 3.8) is 0 Å². The van der Waals surface area contributed by atoms with Crippen LogP contribution in [-0.4, -0.2) is 59.7 Å². The second kappa shape index (κ2) is 10.9. The summed E-state index contributed by atoms with van der Waals surface area (Å²) >= 11 is 1.52. The number of likely N-dealkylation sites (N-methyl/N-ethyl adjacent to an activating group) is 1. The van der Waals surface area contributed by atoms with Crippen LogP contribution < -0.4 is 0 Å². The minimum Gasteiger partial charge on any atom is -0.368 e. The van der Waals surface area contributed by atoms with Gasteiger partial charge < -0.3 is 23.9 Å². The fourth-order valence-corrected chi connectivity index (χ4v) is 5.01. The first-order valence-electron chi connectivity index (χ1n) is 10.7. The Labute approximate surface area is 193 Å². The lowest BCUT2D eigenvalue weighted by atomic mass is 9.98. The van der Waals surface area contributed by atoms with Gasteiger partial charge in [0.05, 0.1) is 13.2 Å². The molecule has 2 aliphatic rings. The molecule has 0 spiro atoms. The molecule has 0 amide bonds. The van der Waals surface area contributed by atoms with Gasteiger partial charge in [-0.3, -0.25) is 4.99 Å². The number of aldehydes is 1. The Morgan fingerprint density at radius 1 is 1.03 bits per heavy atom. The van der Waals surface area contributed by atoms with Crippen molar-refractivity contribution in [1.82, 2.24) is 4.90 Å². The molecule has 168 valence electrons. The second-order valence-corrected chi connectivity index (χ2v) is 8.88. The Balaban J connectivity index is 1.57. The highest BCUT2D eigenvalue weighted by atomic mass is 32.2. The molecule has 2 aliphatic heterocycles. The standard InChI is InChI=1S/C25H28N2O4S/c1-3-14-27(2)25-26-21-23(30-17-19-12-8-5-9-13-19)22(20(15-28)31-24(21)32-25)29-16-18-10-6-4-7-11-18/h3-13,15,20-24H,1,14,16-17H2,2H3. The number of benzene rings is 2. The lowest BCUT2D eigenvalue weighted by Gasteiger charge is -2.40. The number of amidine groups is 1. The predicted octanol–water partition coefficient (Wildman–Crippen LogP) is 3.67. The maximum atomic E-state index is 12.0. The summed E-state index contributed by atoms with van der Waals surface area (Å²) < 4.78 is 18.7. The van der Waals surface area contributed by atoms with Gasteiger partial charge in [0.25, 0.3) is 0 Å². The molecule has 5 unspecified atom stereocenters. The van der Waals surface area contributed by atoms with E-state index >= 15 is 0 Å². The minimum atomic E-state index is -0.729. The molecular weight excluding hydrogens is 424 g/mol. The van der Waals surface area contributed by atoms with Gasteiger partial charge in [0.15, 0.2) is 11.5 Å². The molecule has 2 aromatic carbocycles. The third-order valence-electron chi connectivity index (χ3n) is 5.47. The van der Waals surface area contributed by atoms with Gasteiger partial charge >= 0.3 is 0 Å². The average Bonchev–Trinajstić information content (AvgIpc) is 3.26. The summed E-state index contributed by atoms with van der Waals surface area (Å²) in [5, 5.41) is 0.849. The van der Waals surface area contributed by atoms with Gasteiger partial charge in [0, 0.05) is 13.6 Å². The molecular formula is C25H28N2O4S. The Hall–Kier alpha value is -2.45. The zero-order chi connectivity index (χ0) is 22.3. The Morgan fingerprint density at radius 2 is 1.62 bits per heavy atom. The van der Waals surface area contributed by atoms with Crippen LogP contribution in [0.15, 0.2) is 78.3 Å². The molecule has 7 heteroatoms. The van der Waals surface area contributed by atoms with Gasteiger partial charge in [-0.2, -0.15) is 0 Å². The highest BCUT2D eigenvalue weighted by Crippen LogP contribution is 2.39. The first-order valence-corrected chi connectivity index (χ1v) is 11.6. The van der Waals surface area contributed by atoms with Crippen LogP contribution in [0.2, 0.25) is 0 Å². The van der Waals surface area contributed by atoms with Crippen molar-refractivity contribution in [2.45, 2.75) is 43.0 Å². The summed E-state index contributed by atoms with van der Waals surface area (Å²) in [7, 11) is 1.96. The van der Waals surface area contributed by atoms with Crippen LogP contribution in [-0.2, 0) is 32.2 Å². The number of ether oxygens (including phenoxy) is 3. The van der Waals surface area contributed by atoms with Crippen molar-refractivity contribution < 1.29 is 19.0 Å². The molecule has 0 aromatic heterocycles. The summed E-state index contributed by atoms with van der Waals surface area (Å²) in [6.45, 7) is 5.24. The summed E-state index contributed by atoms with van der Waals surface area (Å²) in [5.41, 5.74) is 1.78. The largest absolute Gasteiger partial charge is 0.368 e. The molecule has 0 bridgehead atoms. The molecule has 0 aliphatic carbocycles. The molecule has 1 saturated heterocycles. The van der Waals surface area contributed by atoms with E-state index in [1.807, 2.05) is 78.7 Å². The molecule has 6 nitrogen and oxygen atoms in total. The van der Waals surface area contributed by atoms with Gasteiger partial charge in [0.2, 0.25) is 0 Å². The summed E-state index contributed by atoms with van der Waals surface area (Å²) in [6, 6.07) is 19.6. The van der Waals surface area contributed by atoms with E-state index in [1.165, 1.54) is 11.8 Å². The molecule has 0 radical (unpaired) electrons. The fraction of sp³-hybridized carbons (Fsp3) is 0.360. The third-order valence-corrected chi connectivity index (χ3v) is 6.72. The molecule has 32 heavy (non-hydrogen) atoms. The number of thioether (sulfide) groups is 1. The van der Waals surface area contributed by atoms with E-state index in [4.69, 9.17) is 19.2 Å². The van der Waals surface area contributed by atoms with Crippen LogP contribution in [0.25, 0.3) is 0 Å². The second-order valence-electron chi connectivity index (χ2n) is 7.82.